The van der Waals surface area contributed by atoms with Crippen LogP contribution in [0.5, 0.6) is 0 Å². The van der Waals surface area contributed by atoms with E-state index in [1.807, 2.05) is 0 Å². The highest BCUT2D eigenvalue weighted by Gasteiger charge is 1.95. The highest BCUT2D eigenvalue weighted by atomic mass is 16.5. The third-order valence-corrected chi connectivity index (χ3v) is 0.962. The number of hydrogen-bond acceptors (Lipinski definition) is 4. The van der Waals surface area contributed by atoms with E-state index in [2.05, 4.69) is 9.47 Å². The van der Waals surface area contributed by atoms with Gasteiger partial charge in [-0.25, -0.2) is 0 Å². The van der Waals surface area contributed by atoms with Gasteiger partial charge in [0.1, 0.15) is 12.4 Å². The van der Waals surface area contributed by atoms with E-state index in [0.717, 1.165) is 0 Å². The summed E-state index contributed by atoms with van der Waals surface area (Å²) >= 11 is 0. The van der Waals surface area contributed by atoms with Crippen molar-refractivity contribution in [3.05, 3.63) is 11.8 Å². The molecule has 4 heteroatoms. The van der Waals surface area contributed by atoms with Crippen LogP contribution in [0.4, 0.5) is 0 Å². The molecule has 0 unspecified atom stereocenters. The summed E-state index contributed by atoms with van der Waals surface area (Å²) in [5.74, 6) is -0.308. The predicted molar refractivity (Wildman–Crippen MR) is 42.2 cm³/mol. The van der Waals surface area contributed by atoms with Crippen LogP contribution in [-0.2, 0) is 19.1 Å². The minimum absolute atomic E-state index is 0.133. The molecule has 0 aliphatic rings. The van der Waals surface area contributed by atoms with Crippen LogP contribution in [0.3, 0.4) is 0 Å². The fraction of sp³-hybridized carbons (Fsp3) is 0.500. The van der Waals surface area contributed by atoms with Gasteiger partial charge in [-0.1, -0.05) is 0 Å². The Kier molecular flexibility index (Phi) is 4.76. The van der Waals surface area contributed by atoms with Crippen molar-refractivity contribution in [1.29, 1.82) is 0 Å². The molecule has 0 aromatic heterocycles. The van der Waals surface area contributed by atoms with Crippen molar-refractivity contribution in [3.8, 4) is 0 Å². The first-order valence-electron chi connectivity index (χ1n) is 3.51. The predicted octanol–water partition coefficient (Wildman–Crippen LogP) is 1.02. The Hall–Kier alpha value is -1.32. The van der Waals surface area contributed by atoms with E-state index in [1.165, 1.54) is 19.9 Å². The first-order chi connectivity index (χ1) is 5.52. The van der Waals surface area contributed by atoms with Crippen molar-refractivity contribution in [2.24, 2.45) is 0 Å². The van der Waals surface area contributed by atoms with E-state index in [1.54, 1.807) is 6.92 Å². The molecule has 0 bridgehead atoms. The van der Waals surface area contributed by atoms with Crippen molar-refractivity contribution >= 4 is 11.9 Å². The second kappa shape index (κ2) is 5.35. The highest BCUT2D eigenvalue weighted by molar-refractivity contribution is 5.67. The number of hydrogen-bond donors (Lipinski definition) is 0. The molecule has 0 aromatic carbocycles. The molecule has 12 heavy (non-hydrogen) atoms. The van der Waals surface area contributed by atoms with Crippen molar-refractivity contribution in [2.45, 2.75) is 20.8 Å². The second-order valence-electron chi connectivity index (χ2n) is 2.21. The number of rotatable bonds is 3. The Morgan fingerprint density at radius 2 is 1.75 bits per heavy atom. The lowest BCUT2D eigenvalue weighted by Crippen LogP contribution is -2.01. The first kappa shape index (κ1) is 10.7. The van der Waals surface area contributed by atoms with Gasteiger partial charge in [0.25, 0.3) is 0 Å². The maximum atomic E-state index is 10.4. The molecular weight excluding hydrogens is 160 g/mol. The summed E-state index contributed by atoms with van der Waals surface area (Å²) in [4.78, 5) is 20.7. The molecule has 0 saturated carbocycles. The lowest BCUT2D eigenvalue weighted by molar-refractivity contribution is -0.139. The highest BCUT2D eigenvalue weighted by Crippen LogP contribution is 1.95. The molecule has 0 rings (SSSR count). The zero-order chi connectivity index (χ0) is 9.56. The topological polar surface area (TPSA) is 52.6 Å². The summed E-state index contributed by atoms with van der Waals surface area (Å²) in [6, 6.07) is 0. The SMILES string of the molecule is CC(=O)OC/C=C(/C)OC(C)=O. The molecule has 0 N–H and O–H groups in total. The lowest BCUT2D eigenvalue weighted by atomic mass is 10.5. The van der Waals surface area contributed by atoms with E-state index in [0.29, 0.717) is 5.76 Å². The molecule has 0 atom stereocenters. The van der Waals surface area contributed by atoms with Gasteiger partial charge in [0, 0.05) is 13.8 Å². The van der Waals surface area contributed by atoms with E-state index in [9.17, 15) is 9.59 Å². The maximum absolute atomic E-state index is 10.4. The molecule has 4 nitrogen and oxygen atoms in total. The molecule has 0 radical (unpaired) electrons. The summed E-state index contributed by atoms with van der Waals surface area (Å²) < 4.78 is 9.25. The van der Waals surface area contributed by atoms with Crippen LogP contribution >= 0.6 is 0 Å². The monoisotopic (exact) mass is 172 g/mol. The van der Waals surface area contributed by atoms with E-state index in [4.69, 9.17) is 0 Å². The quantitative estimate of drug-likeness (QED) is 0.471. The van der Waals surface area contributed by atoms with Gasteiger partial charge < -0.3 is 9.47 Å². The molecule has 0 aromatic rings. The number of ether oxygens (including phenoxy) is 2. The van der Waals surface area contributed by atoms with Gasteiger partial charge in [0.05, 0.1) is 0 Å². The van der Waals surface area contributed by atoms with Crippen LogP contribution in [-0.4, -0.2) is 18.5 Å². The Bertz CT molecular complexity index is 205. The molecule has 0 saturated heterocycles. The fourth-order valence-corrected chi connectivity index (χ4v) is 0.545. The van der Waals surface area contributed by atoms with Crippen LogP contribution in [0.15, 0.2) is 11.8 Å². The van der Waals surface area contributed by atoms with Crippen molar-refractivity contribution in [3.63, 3.8) is 0 Å². The molecule has 0 heterocycles. The number of allylic oxidation sites excluding steroid dienone is 1. The Morgan fingerprint density at radius 1 is 1.17 bits per heavy atom. The minimum atomic E-state index is -0.383. The third-order valence-electron chi connectivity index (χ3n) is 0.962. The number of carbonyl (C=O) groups is 2. The van der Waals surface area contributed by atoms with Crippen molar-refractivity contribution < 1.29 is 19.1 Å². The average Bonchev–Trinajstić information content (AvgIpc) is 1.84. The molecule has 0 aliphatic carbocycles. The largest absolute Gasteiger partial charge is 0.462 e. The summed E-state index contributed by atoms with van der Waals surface area (Å²) in [7, 11) is 0. The van der Waals surface area contributed by atoms with E-state index < -0.39 is 0 Å². The van der Waals surface area contributed by atoms with Crippen LogP contribution in [0, 0.1) is 0 Å². The Balaban J connectivity index is 3.69. The van der Waals surface area contributed by atoms with E-state index in [-0.39, 0.29) is 18.5 Å². The second-order valence-corrected chi connectivity index (χ2v) is 2.21. The van der Waals surface area contributed by atoms with Gasteiger partial charge in [-0.15, -0.1) is 0 Å². The summed E-state index contributed by atoms with van der Waals surface area (Å²) in [5, 5.41) is 0. The molecule has 0 amide bonds. The lowest BCUT2D eigenvalue weighted by Gasteiger charge is -2.00. The van der Waals surface area contributed by atoms with Gasteiger partial charge in [0.2, 0.25) is 0 Å². The van der Waals surface area contributed by atoms with Crippen LogP contribution in [0.2, 0.25) is 0 Å². The first-order valence-corrected chi connectivity index (χ1v) is 3.51. The summed E-state index contributed by atoms with van der Waals surface area (Å²) in [6.07, 6.45) is 1.52. The van der Waals surface area contributed by atoms with Crippen LogP contribution in [0.25, 0.3) is 0 Å². The van der Waals surface area contributed by atoms with Crippen molar-refractivity contribution in [1.82, 2.24) is 0 Å². The fourth-order valence-electron chi connectivity index (χ4n) is 0.545. The summed E-state index contributed by atoms with van der Waals surface area (Å²) in [5.41, 5.74) is 0. The zero-order valence-electron chi connectivity index (χ0n) is 7.42. The smallest absolute Gasteiger partial charge is 0.307 e. The standard InChI is InChI=1S/C8H12O4/c1-6(12-8(3)10)4-5-11-7(2)9/h4H,5H2,1-3H3/b6-4-. The van der Waals surface area contributed by atoms with Gasteiger partial charge in [-0.05, 0) is 13.0 Å². The Labute approximate surface area is 71.2 Å². The number of esters is 2. The average molecular weight is 172 g/mol. The normalized spacial score (nSPS) is 10.8. The Morgan fingerprint density at radius 3 is 2.17 bits per heavy atom. The van der Waals surface area contributed by atoms with Gasteiger partial charge >= 0.3 is 11.9 Å². The maximum Gasteiger partial charge on any atom is 0.307 e. The van der Waals surface area contributed by atoms with Crippen molar-refractivity contribution in [2.75, 3.05) is 6.61 Å². The molecule has 68 valence electrons. The molecule has 0 fully saturated rings. The van der Waals surface area contributed by atoms with Gasteiger partial charge in [-0.2, -0.15) is 0 Å². The molecule has 0 aliphatic heterocycles. The van der Waals surface area contributed by atoms with Crippen LogP contribution < -0.4 is 0 Å². The van der Waals surface area contributed by atoms with Gasteiger partial charge in [0.15, 0.2) is 0 Å². The van der Waals surface area contributed by atoms with Crippen LogP contribution in [0.1, 0.15) is 20.8 Å². The van der Waals surface area contributed by atoms with Gasteiger partial charge in [-0.3, -0.25) is 9.59 Å². The molecular formula is C8H12O4. The minimum Gasteiger partial charge on any atom is -0.462 e. The van der Waals surface area contributed by atoms with E-state index >= 15 is 0 Å². The third kappa shape index (κ3) is 6.80. The zero-order valence-corrected chi connectivity index (χ0v) is 7.42. The molecule has 0 spiro atoms. The summed E-state index contributed by atoms with van der Waals surface area (Å²) in [6.45, 7) is 4.37. The number of carbonyl (C=O) groups excluding carboxylic acids is 2.